The molecule has 3 aromatic heterocycles. The summed E-state index contributed by atoms with van der Waals surface area (Å²) in [4.78, 5) is 2.40. The normalized spacial score (nSPS) is 15.4. The number of thiophene rings is 2. The molecule has 266 valence electrons. The Labute approximate surface area is 327 Å². The van der Waals surface area contributed by atoms with Crippen LogP contribution >= 0.6 is 22.7 Å². The fourth-order valence-electron chi connectivity index (χ4n) is 8.12. The van der Waals surface area contributed by atoms with Gasteiger partial charge in [-0.05, 0) is 112 Å². The van der Waals surface area contributed by atoms with E-state index in [9.17, 15) is 0 Å². The average molecular weight is 750 g/mol. The van der Waals surface area contributed by atoms with Crippen LogP contribution in [0.4, 0.5) is 17.1 Å². The maximum Gasteiger partial charge on any atom is 0.494 e. The topological polar surface area (TPSA) is 34.8 Å². The predicted molar refractivity (Wildman–Crippen MR) is 235 cm³/mol. The minimum absolute atomic E-state index is 0.409. The van der Waals surface area contributed by atoms with Gasteiger partial charge in [0, 0.05) is 73.7 Å². The number of para-hydroxylation sites is 1. The van der Waals surface area contributed by atoms with E-state index in [0.717, 1.165) is 50.0 Å². The predicted octanol–water partition coefficient (Wildman–Crippen LogP) is 13.8. The molecule has 1 saturated heterocycles. The first-order valence-electron chi connectivity index (χ1n) is 18.7. The third-order valence-corrected chi connectivity index (χ3v) is 14.1. The van der Waals surface area contributed by atoms with E-state index in [-0.39, 0.29) is 0 Å². The van der Waals surface area contributed by atoms with Gasteiger partial charge in [-0.15, -0.1) is 22.7 Å². The second-order valence-corrected chi connectivity index (χ2v) is 17.7. The second-order valence-electron chi connectivity index (χ2n) is 15.6. The third kappa shape index (κ3) is 5.18. The van der Waals surface area contributed by atoms with E-state index < -0.39 is 18.3 Å². The summed E-state index contributed by atoms with van der Waals surface area (Å²) in [6.07, 6.45) is 0. The molecule has 0 saturated carbocycles. The second kappa shape index (κ2) is 12.0. The van der Waals surface area contributed by atoms with E-state index in [1.54, 1.807) is 0 Å². The lowest BCUT2D eigenvalue weighted by atomic mass is 9.78. The summed E-state index contributed by atoms with van der Waals surface area (Å²) >= 11 is 3.70. The third-order valence-electron chi connectivity index (χ3n) is 11.7. The Bertz CT molecular complexity index is 3120. The van der Waals surface area contributed by atoms with Crippen molar-refractivity contribution < 1.29 is 13.7 Å². The summed E-state index contributed by atoms with van der Waals surface area (Å²) in [5, 5.41) is 7.20. The minimum atomic E-state index is -0.436. The Balaban J connectivity index is 1.10. The standard InChI is InChI=1S/C48H36BNO3S2/c1-47(2)48(3,4)53-49(52-47)30-19-22-41-38(25-30)34-21-18-29(24-42(34)51-41)37-27-33(28-40-36-15-9-11-17-44(36)55-46(37)40)50(31-12-6-5-7-13-31)32-20-23-45-39(26-32)35-14-8-10-16-43(35)54-45/h5-28H,1-4H3. The molecule has 1 aliphatic rings. The number of anilines is 3. The Morgan fingerprint density at radius 1 is 0.473 bits per heavy atom. The van der Waals surface area contributed by atoms with Crippen LogP contribution in [-0.4, -0.2) is 18.3 Å². The molecule has 0 bridgehead atoms. The summed E-state index contributed by atoms with van der Waals surface area (Å²) in [5.41, 5.74) is 7.50. The molecule has 0 unspecified atom stereocenters. The molecule has 0 atom stereocenters. The Hall–Kier alpha value is -5.44. The van der Waals surface area contributed by atoms with Crippen LogP contribution in [0.15, 0.2) is 150 Å². The van der Waals surface area contributed by atoms with Crippen molar-refractivity contribution in [1.29, 1.82) is 0 Å². The number of hydrogen-bond donors (Lipinski definition) is 0. The molecule has 10 aromatic rings. The van der Waals surface area contributed by atoms with Crippen molar-refractivity contribution in [3.63, 3.8) is 0 Å². The first-order chi connectivity index (χ1) is 26.7. The van der Waals surface area contributed by atoms with Gasteiger partial charge >= 0.3 is 7.12 Å². The van der Waals surface area contributed by atoms with Crippen LogP contribution in [0.25, 0.3) is 73.4 Å². The smallest absolute Gasteiger partial charge is 0.456 e. The largest absolute Gasteiger partial charge is 0.494 e. The fourth-order valence-corrected chi connectivity index (χ4v) is 10.4. The van der Waals surface area contributed by atoms with Crippen molar-refractivity contribution in [2.75, 3.05) is 4.90 Å². The van der Waals surface area contributed by atoms with Crippen LogP contribution in [-0.2, 0) is 9.31 Å². The van der Waals surface area contributed by atoms with Gasteiger partial charge in [0.1, 0.15) is 11.2 Å². The molecule has 0 amide bonds. The summed E-state index contributed by atoms with van der Waals surface area (Å²) in [6.45, 7) is 8.36. The number of furan rings is 1. The van der Waals surface area contributed by atoms with Gasteiger partial charge in [0.05, 0.1) is 11.2 Å². The highest BCUT2D eigenvalue weighted by Gasteiger charge is 2.51. The molecule has 1 aliphatic heterocycles. The molecule has 7 aromatic carbocycles. The lowest BCUT2D eigenvalue weighted by Gasteiger charge is -2.32. The van der Waals surface area contributed by atoms with Crippen molar-refractivity contribution in [2.45, 2.75) is 38.9 Å². The molecule has 4 nitrogen and oxygen atoms in total. The van der Waals surface area contributed by atoms with E-state index in [2.05, 4.69) is 172 Å². The first-order valence-corrected chi connectivity index (χ1v) is 20.4. The maximum atomic E-state index is 6.58. The summed E-state index contributed by atoms with van der Waals surface area (Å²) < 4.78 is 24.5. The Morgan fingerprint density at radius 2 is 1.15 bits per heavy atom. The fraction of sp³-hybridized carbons (Fsp3) is 0.125. The van der Waals surface area contributed by atoms with Crippen molar-refractivity contribution in [3.05, 3.63) is 146 Å². The molecule has 0 aliphatic carbocycles. The molecule has 0 spiro atoms. The monoisotopic (exact) mass is 749 g/mol. The van der Waals surface area contributed by atoms with Gasteiger partial charge < -0.3 is 18.6 Å². The van der Waals surface area contributed by atoms with Crippen molar-refractivity contribution in [3.8, 4) is 11.1 Å². The van der Waals surface area contributed by atoms with Gasteiger partial charge in [-0.3, -0.25) is 0 Å². The highest BCUT2D eigenvalue weighted by atomic mass is 32.1. The van der Waals surface area contributed by atoms with Crippen LogP contribution in [0.5, 0.6) is 0 Å². The molecule has 1 fully saturated rings. The van der Waals surface area contributed by atoms with E-state index >= 15 is 0 Å². The zero-order valence-electron chi connectivity index (χ0n) is 30.9. The van der Waals surface area contributed by atoms with E-state index in [4.69, 9.17) is 13.7 Å². The molecule has 11 rings (SSSR count). The average Bonchev–Trinajstić information content (AvgIpc) is 3.92. The molecule has 0 radical (unpaired) electrons. The zero-order valence-corrected chi connectivity index (χ0v) is 32.6. The van der Waals surface area contributed by atoms with Crippen molar-refractivity contribution in [1.82, 2.24) is 0 Å². The maximum absolute atomic E-state index is 6.58. The van der Waals surface area contributed by atoms with E-state index in [0.29, 0.717) is 0 Å². The van der Waals surface area contributed by atoms with Gasteiger partial charge in [0.25, 0.3) is 0 Å². The number of nitrogens with zero attached hydrogens (tertiary/aromatic N) is 1. The summed E-state index contributed by atoms with van der Waals surface area (Å²) in [7, 11) is -0.436. The number of rotatable bonds is 5. The highest BCUT2D eigenvalue weighted by Crippen LogP contribution is 2.47. The number of benzene rings is 7. The minimum Gasteiger partial charge on any atom is -0.456 e. The highest BCUT2D eigenvalue weighted by molar-refractivity contribution is 7.26. The number of fused-ring (bicyclic) bond motifs is 9. The van der Waals surface area contributed by atoms with Crippen molar-refractivity contribution in [2.24, 2.45) is 0 Å². The molecule has 55 heavy (non-hydrogen) atoms. The van der Waals surface area contributed by atoms with Gasteiger partial charge in [0.2, 0.25) is 0 Å². The molecule has 4 heterocycles. The molecular formula is C48H36BNO3S2. The number of hydrogen-bond acceptors (Lipinski definition) is 6. The van der Waals surface area contributed by atoms with Gasteiger partial charge in [0.15, 0.2) is 0 Å². The van der Waals surface area contributed by atoms with Crippen molar-refractivity contribution >= 4 is 115 Å². The van der Waals surface area contributed by atoms with E-state index in [1.165, 1.54) is 45.9 Å². The lowest BCUT2D eigenvalue weighted by Crippen LogP contribution is -2.41. The van der Waals surface area contributed by atoms with E-state index in [1.807, 2.05) is 28.7 Å². The Kier molecular flexibility index (Phi) is 7.21. The summed E-state index contributed by atoms with van der Waals surface area (Å²) in [6, 6.07) is 52.8. The van der Waals surface area contributed by atoms with Gasteiger partial charge in [-0.1, -0.05) is 72.8 Å². The van der Waals surface area contributed by atoms with Crippen LogP contribution in [0.1, 0.15) is 27.7 Å². The lowest BCUT2D eigenvalue weighted by molar-refractivity contribution is 0.00578. The van der Waals surface area contributed by atoms with Crippen LogP contribution in [0, 0.1) is 0 Å². The molecule has 0 N–H and O–H groups in total. The zero-order chi connectivity index (χ0) is 37.1. The first kappa shape index (κ1) is 32.9. The van der Waals surface area contributed by atoms with Crippen LogP contribution in [0.3, 0.4) is 0 Å². The van der Waals surface area contributed by atoms with Gasteiger partial charge in [-0.25, -0.2) is 0 Å². The quantitative estimate of drug-likeness (QED) is 0.164. The molecule has 7 heteroatoms. The molecular weight excluding hydrogens is 713 g/mol. The van der Waals surface area contributed by atoms with Crippen LogP contribution < -0.4 is 10.4 Å². The van der Waals surface area contributed by atoms with Gasteiger partial charge in [-0.2, -0.15) is 0 Å². The SMILES string of the molecule is CC1(C)OB(c2ccc3oc4cc(-c5cc(N(c6ccccc6)c6ccc7sc8ccccc8c7c6)cc6c5sc5ccccc56)ccc4c3c2)OC1(C)C. The summed E-state index contributed by atoms with van der Waals surface area (Å²) in [5.74, 6) is 0. The van der Waals surface area contributed by atoms with Crippen LogP contribution in [0.2, 0.25) is 0 Å². The Morgan fingerprint density at radius 3 is 1.93 bits per heavy atom.